The molecule has 0 spiro atoms. The number of rotatable bonds is 6. The van der Waals surface area contributed by atoms with Gasteiger partial charge in [-0.2, -0.15) is 0 Å². The first-order chi connectivity index (χ1) is 11.9. The fraction of sp³-hybridized carbons (Fsp3) is 0.222. The van der Waals surface area contributed by atoms with Gasteiger partial charge in [0.1, 0.15) is 0 Å². The summed E-state index contributed by atoms with van der Waals surface area (Å²) in [6.07, 6.45) is 0.0458. The largest absolute Gasteiger partial charge is 0.351 e. The average Bonchev–Trinajstić information content (AvgIpc) is 2.57. The Morgan fingerprint density at radius 3 is 2.52 bits per heavy atom. The van der Waals surface area contributed by atoms with Crippen molar-refractivity contribution in [3.63, 3.8) is 0 Å². The van der Waals surface area contributed by atoms with Crippen LogP contribution in [0.15, 0.2) is 42.5 Å². The smallest absolute Gasteiger partial charge is 0.252 e. The SMILES string of the molecule is C[C@@H](NC(=O)CCNC(=O)c1ccccc1Cl)c1ccc(F)c(F)c1. The molecule has 2 amide bonds. The molecule has 0 unspecified atom stereocenters. The van der Waals surface area contributed by atoms with E-state index in [1.807, 2.05) is 0 Å². The highest BCUT2D eigenvalue weighted by Crippen LogP contribution is 2.16. The second kappa shape index (κ2) is 8.58. The molecule has 0 aliphatic heterocycles. The van der Waals surface area contributed by atoms with E-state index < -0.39 is 17.7 Å². The van der Waals surface area contributed by atoms with E-state index in [0.717, 1.165) is 12.1 Å². The minimum Gasteiger partial charge on any atom is -0.351 e. The summed E-state index contributed by atoms with van der Waals surface area (Å²) >= 11 is 5.92. The minimum atomic E-state index is -0.967. The third-order valence-corrected chi connectivity index (χ3v) is 3.91. The first kappa shape index (κ1) is 18.9. The molecule has 0 fully saturated rings. The number of benzene rings is 2. The Balaban J connectivity index is 1.81. The Morgan fingerprint density at radius 1 is 1.12 bits per heavy atom. The molecule has 0 aromatic heterocycles. The van der Waals surface area contributed by atoms with Crippen LogP contribution in [-0.4, -0.2) is 18.4 Å². The summed E-state index contributed by atoms with van der Waals surface area (Å²) < 4.78 is 26.1. The van der Waals surface area contributed by atoms with Crippen LogP contribution in [0, 0.1) is 11.6 Å². The molecule has 2 aromatic rings. The molecule has 2 aromatic carbocycles. The first-order valence-electron chi connectivity index (χ1n) is 7.65. The van der Waals surface area contributed by atoms with Crippen molar-refractivity contribution in [2.75, 3.05) is 6.54 Å². The molecule has 0 aliphatic rings. The van der Waals surface area contributed by atoms with Gasteiger partial charge in [-0.3, -0.25) is 9.59 Å². The van der Waals surface area contributed by atoms with Crippen LogP contribution in [0.2, 0.25) is 5.02 Å². The first-order valence-corrected chi connectivity index (χ1v) is 8.03. The second-order valence-corrected chi connectivity index (χ2v) is 5.86. The molecule has 0 aliphatic carbocycles. The van der Waals surface area contributed by atoms with Crippen LogP contribution >= 0.6 is 11.6 Å². The van der Waals surface area contributed by atoms with Crippen molar-refractivity contribution in [3.05, 3.63) is 70.2 Å². The van der Waals surface area contributed by atoms with Crippen molar-refractivity contribution in [2.45, 2.75) is 19.4 Å². The molecule has 0 radical (unpaired) electrons. The maximum absolute atomic E-state index is 13.2. The zero-order valence-electron chi connectivity index (χ0n) is 13.5. The highest BCUT2D eigenvalue weighted by molar-refractivity contribution is 6.33. The zero-order chi connectivity index (χ0) is 18.4. The fourth-order valence-electron chi connectivity index (χ4n) is 2.21. The fourth-order valence-corrected chi connectivity index (χ4v) is 2.43. The Bertz CT molecular complexity index is 783. The molecule has 4 nitrogen and oxygen atoms in total. The lowest BCUT2D eigenvalue weighted by molar-refractivity contribution is -0.121. The van der Waals surface area contributed by atoms with E-state index >= 15 is 0 Å². The van der Waals surface area contributed by atoms with Gasteiger partial charge in [0, 0.05) is 13.0 Å². The van der Waals surface area contributed by atoms with Crippen molar-refractivity contribution in [2.24, 2.45) is 0 Å². The standard InChI is InChI=1S/C18H17ClF2N2O2/c1-11(12-6-7-15(20)16(21)10-12)23-17(24)8-9-22-18(25)13-4-2-3-5-14(13)19/h2-7,10-11H,8-9H2,1H3,(H,22,25)(H,23,24)/t11-/m1/s1. The Kier molecular flexibility index (Phi) is 6.47. The van der Waals surface area contributed by atoms with Gasteiger partial charge in [0.15, 0.2) is 11.6 Å². The van der Waals surface area contributed by atoms with Gasteiger partial charge in [-0.1, -0.05) is 29.8 Å². The molecule has 7 heteroatoms. The topological polar surface area (TPSA) is 58.2 Å². The summed E-state index contributed by atoms with van der Waals surface area (Å²) in [4.78, 5) is 23.9. The molecule has 0 saturated carbocycles. The molecule has 132 valence electrons. The average molecular weight is 367 g/mol. The van der Waals surface area contributed by atoms with E-state index in [1.54, 1.807) is 31.2 Å². The van der Waals surface area contributed by atoms with Crippen molar-refractivity contribution in [3.8, 4) is 0 Å². The summed E-state index contributed by atoms with van der Waals surface area (Å²) in [5.74, 6) is -2.60. The number of hydrogen-bond acceptors (Lipinski definition) is 2. The molecular weight excluding hydrogens is 350 g/mol. The number of carbonyl (C=O) groups is 2. The number of carbonyl (C=O) groups excluding carboxylic acids is 2. The van der Waals surface area contributed by atoms with Crippen LogP contribution in [-0.2, 0) is 4.79 Å². The number of halogens is 3. The summed E-state index contributed by atoms with van der Waals surface area (Å²) in [5, 5.41) is 5.60. The summed E-state index contributed by atoms with van der Waals surface area (Å²) in [5.41, 5.74) is 0.784. The molecule has 2 N–H and O–H groups in total. The predicted octanol–water partition coefficient (Wildman–Crippen LogP) is 3.62. The van der Waals surface area contributed by atoms with E-state index in [0.29, 0.717) is 16.1 Å². The molecular formula is C18H17ClF2N2O2. The molecule has 1 atom stereocenters. The van der Waals surface area contributed by atoms with Crippen LogP contribution < -0.4 is 10.6 Å². The number of hydrogen-bond donors (Lipinski definition) is 2. The molecule has 0 bridgehead atoms. The Morgan fingerprint density at radius 2 is 1.84 bits per heavy atom. The second-order valence-electron chi connectivity index (χ2n) is 5.45. The van der Waals surface area contributed by atoms with Crippen molar-refractivity contribution < 1.29 is 18.4 Å². The van der Waals surface area contributed by atoms with Gasteiger partial charge in [0.25, 0.3) is 5.91 Å². The summed E-state index contributed by atoms with van der Waals surface area (Å²) in [6, 6.07) is 9.57. The minimum absolute atomic E-state index is 0.0458. The van der Waals surface area contributed by atoms with Gasteiger partial charge in [0.05, 0.1) is 16.6 Å². The van der Waals surface area contributed by atoms with Gasteiger partial charge < -0.3 is 10.6 Å². The van der Waals surface area contributed by atoms with Crippen LogP contribution in [0.25, 0.3) is 0 Å². The van der Waals surface area contributed by atoms with Crippen LogP contribution in [0.5, 0.6) is 0 Å². The van der Waals surface area contributed by atoms with Crippen LogP contribution in [0.3, 0.4) is 0 Å². The summed E-state index contributed by atoms with van der Waals surface area (Å²) in [7, 11) is 0. The zero-order valence-corrected chi connectivity index (χ0v) is 14.2. The lowest BCUT2D eigenvalue weighted by atomic mass is 10.1. The number of amides is 2. The number of nitrogens with one attached hydrogen (secondary N) is 2. The molecule has 0 heterocycles. The lowest BCUT2D eigenvalue weighted by Crippen LogP contribution is -2.32. The predicted molar refractivity (Wildman–Crippen MR) is 91.3 cm³/mol. The highest BCUT2D eigenvalue weighted by atomic mass is 35.5. The third kappa shape index (κ3) is 5.26. The molecule has 2 rings (SSSR count). The van der Waals surface area contributed by atoms with Crippen molar-refractivity contribution in [1.29, 1.82) is 0 Å². The maximum Gasteiger partial charge on any atom is 0.252 e. The summed E-state index contributed by atoms with van der Waals surface area (Å²) in [6.45, 7) is 1.79. The van der Waals surface area contributed by atoms with Gasteiger partial charge in [-0.15, -0.1) is 0 Å². The van der Waals surface area contributed by atoms with E-state index in [2.05, 4.69) is 10.6 Å². The van der Waals surface area contributed by atoms with E-state index in [4.69, 9.17) is 11.6 Å². The van der Waals surface area contributed by atoms with Gasteiger partial charge in [-0.05, 0) is 36.8 Å². The van der Waals surface area contributed by atoms with E-state index in [-0.39, 0.29) is 24.8 Å². The quantitative estimate of drug-likeness (QED) is 0.820. The highest BCUT2D eigenvalue weighted by Gasteiger charge is 2.13. The Labute approximate surface area is 149 Å². The van der Waals surface area contributed by atoms with Gasteiger partial charge >= 0.3 is 0 Å². The molecule has 25 heavy (non-hydrogen) atoms. The van der Waals surface area contributed by atoms with Gasteiger partial charge in [-0.25, -0.2) is 8.78 Å². The maximum atomic E-state index is 13.2. The van der Waals surface area contributed by atoms with E-state index in [9.17, 15) is 18.4 Å². The Hall–Kier alpha value is -2.47. The third-order valence-electron chi connectivity index (χ3n) is 3.58. The van der Waals surface area contributed by atoms with E-state index in [1.165, 1.54) is 6.07 Å². The monoisotopic (exact) mass is 366 g/mol. The lowest BCUT2D eigenvalue weighted by Gasteiger charge is -2.15. The normalized spacial score (nSPS) is 11.7. The van der Waals surface area contributed by atoms with Crippen LogP contribution in [0.1, 0.15) is 35.3 Å². The molecule has 0 saturated heterocycles. The van der Waals surface area contributed by atoms with Crippen molar-refractivity contribution in [1.82, 2.24) is 10.6 Å². The van der Waals surface area contributed by atoms with Crippen LogP contribution in [0.4, 0.5) is 8.78 Å². The van der Waals surface area contributed by atoms with Gasteiger partial charge in [0.2, 0.25) is 5.91 Å². The van der Waals surface area contributed by atoms with Crippen molar-refractivity contribution >= 4 is 23.4 Å².